The van der Waals surface area contributed by atoms with Crippen molar-refractivity contribution in [2.24, 2.45) is 0 Å². The van der Waals surface area contributed by atoms with E-state index >= 15 is 0 Å². The van der Waals surface area contributed by atoms with E-state index in [1.807, 2.05) is 45.0 Å². The van der Waals surface area contributed by atoms with Gasteiger partial charge in [-0.05, 0) is 51.1 Å². The molecule has 2 aromatic carbocycles. The zero-order valence-electron chi connectivity index (χ0n) is 17.9. The Morgan fingerprint density at radius 1 is 1.19 bits per heavy atom. The molecule has 1 amide bonds. The predicted octanol–water partition coefficient (Wildman–Crippen LogP) is 4.25. The minimum Gasteiger partial charge on any atom is -0.493 e. The second kappa shape index (κ2) is 8.51. The molecule has 31 heavy (non-hydrogen) atoms. The first-order chi connectivity index (χ1) is 15.0. The van der Waals surface area contributed by atoms with Crippen LogP contribution >= 0.6 is 0 Å². The maximum atomic E-state index is 12.8. The van der Waals surface area contributed by atoms with Crippen LogP contribution in [0.3, 0.4) is 0 Å². The second-order valence-corrected chi connectivity index (χ2v) is 7.29. The molecule has 0 fully saturated rings. The number of nitrogens with zero attached hydrogens (tertiary/aromatic N) is 2. The van der Waals surface area contributed by atoms with Crippen molar-refractivity contribution in [1.82, 2.24) is 20.4 Å². The Hall–Kier alpha value is -3.81. The molecule has 1 unspecified atom stereocenters. The average Bonchev–Trinajstić information content (AvgIpc) is 3.35. The van der Waals surface area contributed by atoms with E-state index in [0.29, 0.717) is 35.3 Å². The molecule has 160 valence electrons. The van der Waals surface area contributed by atoms with Crippen molar-refractivity contribution in [3.8, 4) is 11.5 Å². The smallest absolute Gasteiger partial charge is 0.251 e. The van der Waals surface area contributed by atoms with Gasteiger partial charge in [0.1, 0.15) is 18.2 Å². The van der Waals surface area contributed by atoms with Gasteiger partial charge in [-0.25, -0.2) is 4.98 Å². The van der Waals surface area contributed by atoms with Gasteiger partial charge in [0, 0.05) is 5.56 Å². The molecule has 1 atom stereocenters. The number of benzene rings is 2. The molecule has 0 saturated carbocycles. The molecule has 2 aromatic heterocycles. The van der Waals surface area contributed by atoms with E-state index in [1.54, 1.807) is 18.2 Å². The zero-order chi connectivity index (χ0) is 22.0. The number of carbonyl (C=O) groups excluding carboxylic acids is 1. The lowest BCUT2D eigenvalue weighted by atomic mass is 10.1. The summed E-state index contributed by atoms with van der Waals surface area (Å²) in [6.45, 7) is 5.88. The van der Waals surface area contributed by atoms with Gasteiger partial charge in [0.15, 0.2) is 11.5 Å². The summed E-state index contributed by atoms with van der Waals surface area (Å²) < 4.78 is 16.5. The summed E-state index contributed by atoms with van der Waals surface area (Å²) in [5.41, 5.74) is 3.93. The molecule has 0 saturated heterocycles. The largest absolute Gasteiger partial charge is 0.493 e. The number of nitrogens with one attached hydrogen (secondary N) is 2. The van der Waals surface area contributed by atoms with Gasteiger partial charge >= 0.3 is 0 Å². The number of aromatic nitrogens is 3. The molecule has 4 aromatic rings. The number of H-pyrrole nitrogens is 1. The van der Waals surface area contributed by atoms with Crippen LogP contribution in [0.2, 0.25) is 0 Å². The van der Waals surface area contributed by atoms with Crippen molar-refractivity contribution in [1.29, 1.82) is 0 Å². The van der Waals surface area contributed by atoms with Crippen LogP contribution in [0.25, 0.3) is 11.0 Å². The van der Waals surface area contributed by atoms with Crippen molar-refractivity contribution in [3.05, 3.63) is 70.9 Å². The number of aromatic amines is 1. The highest BCUT2D eigenvalue weighted by Gasteiger charge is 2.17. The van der Waals surface area contributed by atoms with E-state index in [0.717, 1.165) is 22.3 Å². The van der Waals surface area contributed by atoms with E-state index in [-0.39, 0.29) is 11.9 Å². The quantitative estimate of drug-likeness (QED) is 0.463. The molecule has 8 nitrogen and oxygen atoms in total. The van der Waals surface area contributed by atoms with Crippen LogP contribution in [0.15, 0.2) is 47.0 Å². The fourth-order valence-electron chi connectivity index (χ4n) is 3.31. The number of hydrogen-bond donors (Lipinski definition) is 2. The van der Waals surface area contributed by atoms with Crippen LogP contribution in [0.1, 0.15) is 46.2 Å². The third-order valence-electron chi connectivity index (χ3n) is 5.14. The first kappa shape index (κ1) is 20.5. The molecule has 0 spiro atoms. The highest BCUT2D eigenvalue weighted by Crippen LogP contribution is 2.30. The maximum absolute atomic E-state index is 12.8. The number of amides is 1. The number of rotatable bonds is 7. The summed E-state index contributed by atoms with van der Waals surface area (Å²) in [4.78, 5) is 20.6. The number of aryl methyl sites for hydroxylation is 2. The maximum Gasteiger partial charge on any atom is 0.251 e. The lowest BCUT2D eigenvalue weighted by Gasteiger charge is -2.14. The lowest BCUT2D eigenvalue weighted by Crippen LogP contribution is -2.27. The molecule has 0 radical (unpaired) electrons. The zero-order valence-corrected chi connectivity index (χ0v) is 17.9. The fourth-order valence-corrected chi connectivity index (χ4v) is 3.31. The Balaban J connectivity index is 1.46. The van der Waals surface area contributed by atoms with E-state index in [2.05, 4.69) is 20.4 Å². The molecule has 8 heteroatoms. The monoisotopic (exact) mass is 420 g/mol. The van der Waals surface area contributed by atoms with Gasteiger partial charge in [0.05, 0.1) is 35.4 Å². The van der Waals surface area contributed by atoms with Gasteiger partial charge in [0.25, 0.3) is 5.91 Å². The van der Waals surface area contributed by atoms with Crippen molar-refractivity contribution < 1.29 is 18.8 Å². The Morgan fingerprint density at radius 3 is 2.71 bits per heavy atom. The molecular formula is C23H24N4O4. The van der Waals surface area contributed by atoms with Gasteiger partial charge in [-0.2, -0.15) is 0 Å². The van der Waals surface area contributed by atoms with Gasteiger partial charge in [0.2, 0.25) is 0 Å². The van der Waals surface area contributed by atoms with Crippen LogP contribution in [0.5, 0.6) is 11.5 Å². The molecule has 4 rings (SSSR count). The third-order valence-corrected chi connectivity index (χ3v) is 5.14. The first-order valence-corrected chi connectivity index (χ1v) is 9.94. The molecular weight excluding hydrogens is 396 g/mol. The number of imidazole rings is 1. The average molecular weight is 420 g/mol. The Labute approximate surface area is 179 Å². The van der Waals surface area contributed by atoms with Gasteiger partial charge in [-0.15, -0.1) is 0 Å². The summed E-state index contributed by atoms with van der Waals surface area (Å²) >= 11 is 0. The Morgan fingerprint density at radius 2 is 2.00 bits per heavy atom. The van der Waals surface area contributed by atoms with E-state index in [1.165, 1.54) is 7.11 Å². The van der Waals surface area contributed by atoms with Crippen LogP contribution in [-0.4, -0.2) is 28.1 Å². The SMILES string of the molecule is COc1cc(C(=O)NC(C)c2nc3ccccc3[nH]2)ccc1OCc1c(C)noc1C. The standard InChI is InChI=1S/C23H24N4O4/c1-13-17(15(3)31-27-13)12-30-20-10-9-16(11-21(20)29-4)23(28)24-14(2)22-25-18-7-5-6-8-19(18)26-22/h5-11,14H,12H2,1-4H3,(H,24,28)(H,25,26). The first-order valence-electron chi connectivity index (χ1n) is 9.94. The summed E-state index contributed by atoms with van der Waals surface area (Å²) in [6, 6.07) is 12.5. The second-order valence-electron chi connectivity index (χ2n) is 7.29. The molecule has 0 aliphatic carbocycles. The van der Waals surface area contributed by atoms with Crippen LogP contribution in [0, 0.1) is 13.8 Å². The molecule has 2 N–H and O–H groups in total. The van der Waals surface area contributed by atoms with Gasteiger partial charge in [-0.1, -0.05) is 17.3 Å². The summed E-state index contributed by atoms with van der Waals surface area (Å²) in [7, 11) is 1.54. The molecule has 0 aliphatic heterocycles. The van der Waals surface area contributed by atoms with Crippen LogP contribution in [-0.2, 0) is 6.61 Å². The Kier molecular flexibility index (Phi) is 5.62. The highest BCUT2D eigenvalue weighted by atomic mass is 16.5. The number of fused-ring (bicyclic) bond motifs is 1. The molecule has 2 heterocycles. The van der Waals surface area contributed by atoms with Crippen molar-refractivity contribution >= 4 is 16.9 Å². The van der Waals surface area contributed by atoms with Crippen molar-refractivity contribution in [2.45, 2.75) is 33.4 Å². The molecule has 0 aliphatic rings. The molecule has 0 bridgehead atoms. The van der Waals surface area contributed by atoms with Crippen molar-refractivity contribution in [2.75, 3.05) is 7.11 Å². The topological polar surface area (TPSA) is 102 Å². The van der Waals surface area contributed by atoms with Gasteiger partial charge in [-0.3, -0.25) is 4.79 Å². The van der Waals surface area contributed by atoms with Crippen LogP contribution in [0.4, 0.5) is 0 Å². The summed E-state index contributed by atoms with van der Waals surface area (Å²) in [5, 5.41) is 6.89. The summed E-state index contributed by atoms with van der Waals surface area (Å²) in [5.74, 6) is 2.18. The van der Waals surface area contributed by atoms with Crippen molar-refractivity contribution in [3.63, 3.8) is 0 Å². The third kappa shape index (κ3) is 4.23. The number of ether oxygens (including phenoxy) is 2. The van der Waals surface area contributed by atoms with E-state index in [9.17, 15) is 4.79 Å². The summed E-state index contributed by atoms with van der Waals surface area (Å²) in [6.07, 6.45) is 0. The number of hydrogen-bond acceptors (Lipinski definition) is 6. The number of para-hydroxylation sites is 2. The number of methoxy groups -OCH3 is 1. The normalized spacial score (nSPS) is 12.0. The number of carbonyl (C=O) groups is 1. The Bertz CT molecular complexity index is 1180. The van der Waals surface area contributed by atoms with Gasteiger partial charge < -0.3 is 24.3 Å². The van der Waals surface area contributed by atoms with Crippen LogP contribution < -0.4 is 14.8 Å². The minimum atomic E-state index is -0.290. The minimum absolute atomic E-state index is 0.233. The highest BCUT2D eigenvalue weighted by molar-refractivity contribution is 5.95. The van der Waals surface area contributed by atoms with E-state index in [4.69, 9.17) is 14.0 Å². The fraction of sp³-hybridized carbons (Fsp3) is 0.261. The predicted molar refractivity (Wildman–Crippen MR) is 115 cm³/mol. The van der Waals surface area contributed by atoms with E-state index < -0.39 is 0 Å². The lowest BCUT2D eigenvalue weighted by molar-refractivity contribution is 0.0938.